The molecule has 0 unspecified atom stereocenters. The van der Waals surface area contributed by atoms with E-state index in [9.17, 15) is 29.4 Å². The highest BCUT2D eigenvalue weighted by Gasteiger charge is 2.44. The zero-order valence-electron chi connectivity index (χ0n) is 42.1. The zero-order chi connectivity index (χ0) is 51.8. The highest BCUT2D eigenvalue weighted by molar-refractivity contribution is 8.01. The summed E-state index contributed by atoms with van der Waals surface area (Å²) in [6.45, 7) is 11.3. The highest BCUT2D eigenvalue weighted by atomic mass is 32.2. The molecular formula is C60H68N4O6S2. The fourth-order valence-corrected chi connectivity index (χ4v) is 12.5. The number of nitrogens with one attached hydrogen (secondary N) is 2. The lowest BCUT2D eigenvalue weighted by atomic mass is 9.84. The molecule has 6 aromatic rings. The van der Waals surface area contributed by atoms with Crippen LogP contribution in [0.25, 0.3) is 0 Å². The van der Waals surface area contributed by atoms with E-state index in [1.165, 1.54) is 33.3 Å². The molecule has 0 aliphatic carbocycles. The van der Waals surface area contributed by atoms with E-state index in [1.807, 2.05) is 121 Å². The Kier molecular flexibility index (Phi) is 19.0. The molecule has 0 radical (unpaired) electrons. The Hall–Kier alpha value is -6.76. The molecule has 0 aliphatic rings. The molecule has 4 amide bonds. The summed E-state index contributed by atoms with van der Waals surface area (Å²) < 4.78 is -1.53. The summed E-state index contributed by atoms with van der Waals surface area (Å²) in [4.78, 5) is 57.2. The molecule has 10 nitrogen and oxygen atoms in total. The standard InChI is InChI=1S/C60H68N4O6S2/c1-57(2,3)63(55(67)68)51(43-71-59(45-29-15-9-16-30-45,46-31-17-10-18-32-46)47-33-19-11-20-34-47)53(65)61-41-27-7-8-28-42-62-54(66)52(64(56(69)70)58(4,5)6)44-72-60(48-35-21-12-22-36-48,49-37-23-13-24-38-49)50-39-25-14-26-40-50/h7-26,29-40,51-52H,27-28,41-44H2,1-6H3,(H,61,65)(H,62,66)(H,67,68)(H,69,70)/t51-,52-/m0/s1. The Bertz CT molecular complexity index is 2300. The lowest BCUT2D eigenvalue weighted by Gasteiger charge is -2.41. The van der Waals surface area contributed by atoms with E-state index in [-0.39, 0.29) is 24.6 Å². The van der Waals surface area contributed by atoms with Crippen LogP contribution < -0.4 is 10.6 Å². The summed E-state index contributed by atoms with van der Waals surface area (Å²) in [6, 6.07) is 58.5. The number of nitrogens with zero attached hydrogens (tertiary/aromatic N) is 2. The molecule has 0 bridgehead atoms. The molecule has 0 spiro atoms. The second-order valence-corrected chi connectivity index (χ2v) is 22.0. The average Bonchev–Trinajstić information content (AvgIpc) is 3.37. The summed E-state index contributed by atoms with van der Waals surface area (Å²) in [5, 5.41) is 27.3. The van der Waals surface area contributed by atoms with Crippen LogP contribution in [-0.4, -0.2) is 91.8 Å². The topological polar surface area (TPSA) is 139 Å². The van der Waals surface area contributed by atoms with Gasteiger partial charge in [-0.25, -0.2) is 9.59 Å². The van der Waals surface area contributed by atoms with Crippen LogP contribution in [0.15, 0.2) is 194 Å². The van der Waals surface area contributed by atoms with Crippen LogP contribution in [0.3, 0.4) is 0 Å². The van der Waals surface area contributed by atoms with Gasteiger partial charge >= 0.3 is 12.2 Å². The molecule has 0 aromatic heterocycles. The fraction of sp³-hybridized carbons (Fsp3) is 0.300. The normalized spacial score (nSPS) is 12.9. The third-order valence-corrected chi connectivity index (χ3v) is 15.7. The zero-order valence-corrected chi connectivity index (χ0v) is 43.7. The second-order valence-electron chi connectivity index (χ2n) is 19.5. The van der Waals surface area contributed by atoms with Crippen molar-refractivity contribution in [2.75, 3.05) is 24.6 Å². The van der Waals surface area contributed by atoms with Crippen molar-refractivity contribution in [3.8, 4) is 0 Å². The Balaban J connectivity index is 1.15. The number of carbonyl (C=O) groups excluding carboxylic acids is 2. The molecule has 376 valence electrons. The number of amides is 4. The molecule has 72 heavy (non-hydrogen) atoms. The number of rotatable bonds is 22. The van der Waals surface area contributed by atoms with Gasteiger partial charge in [-0.3, -0.25) is 19.4 Å². The molecular weight excluding hydrogens is 937 g/mol. The van der Waals surface area contributed by atoms with Gasteiger partial charge < -0.3 is 20.8 Å². The van der Waals surface area contributed by atoms with Gasteiger partial charge in [0.2, 0.25) is 11.8 Å². The van der Waals surface area contributed by atoms with Crippen molar-refractivity contribution < 1.29 is 29.4 Å². The smallest absolute Gasteiger partial charge is 0.408 e. The molecule has 2 atom stereocenters. The van der Waals surface area contributed by atoms with E-state index in [2.05, 4.69) is 83.4 Å². The monoisotopic (exact) mass is 1000 g/mol. The Morgan fingerprint density at radius 3 is 0.847 bits per heavy atom. The van der Waals surface area contributed by atoms with Gasteiger partial charge in [-0.15, -0.1) is 23.5 Å². The van der Waals surface area contributed by atoms with E-state index in [1.54, 1.807) is 41.5 Å². The van der Waals surface area contributed by atoms with Crippen LogP contribution in [0.2, 0.25) is 0 Å². The van der Waals surface area contributed by atoms with Crippen LogP contribution in [-0.2, 0) is 19.1 Å². The minimum Gasteiger partial charge on any atom is -0.465 e. The lowest BCUT2D eigenvalue weighted by molar-refractivity contribution is -0.127. The largest absolute Gasteiger partial charge is 0.465 e. The maximum absolute atomic E-state index is 14.3. The van der Waals surface area contributed by atoms with Gasteiger partial charge in [0.1, 0.15) is 12.1 Å². The summed E-state index contributed by atoms with van der Waals surface area (Å²) in [7, 11) is 0. The van der Waals surface area contributed by atoms with Gasteiger partial charge in [0.05, 0.1) is 9.49 Å². The molecule has 0 fully saturated rings. The summed E-state index contributed by atoms with van der Waals surface area (Å²) >= 11 is 3.08. The number of thioether (sulfide) groups is 2. The summed E-state index contributed by atoms with van der Waals surface area (Å²) in [6.07, 6.45) is 2.38. The van der Waals surface area contributed by atoms with Gasteiger partial charge in [-0.2, -0.15) is 0 Å². The Morgan fingerprint density at radius 1 is 0.431 bits per heavy atom. The van der Waals surface area contributed by atoms with Crippen molar-refractivity contribution in [1.29, 1.82) is 0 Å². The van der Waals surface area contributed by atoms with Gasteiger partial charge in [0.25, 0.3) is 0 Å². The maximum Gasteiger partial charge on any atom is 0.408 e. The Labute approximate surface area is 434 Å². The molecule has 0 saturated carbocycles. The number of hydrogen-bond acceptors (Lipinski definition) is 6. The summed E-state index contributed by atoms with van der Waals surface area (Å²) in [5.74, 6) is -0.484. The second kappa shape index (κ2) is 25.1. The Morgan fingerprint density at radius 2 is 0.653 bits per heavy atom. The minimum absolute atomic E-state index is 0.156. The first-order chi connectivity index (χ1) is 34.5. The third kappa shape index (κ3) is 13.2. The van der Waals surface area contributed by atoms with E-state index >= 15 is 0 Å². The highest BCUT2D eigenvalue weighted by Crippen LogP contribution is 2.50. The molecule has 6 rings (SSSR count). The van der Waals surface area contributed by atoms with Crippen molar-refractivity contribution in [2.45, 2.75) is 87.0 Å². The predicted octanol–water partition coefficient (Wildman–Crippen LogP) is 12.3. The van der Waals surface area contributed by atoms with Crippen LogP contribution >= 0.6 is 23.5 Å². The van der Waals surface area contributed by atoms with Gasteiger partial charge in [-0.05, 0) is 87.8 Å². The first-order valence-corrected chi connectivity index (χ1v) is 26.3. The van der Waals surface area contributed by atoms with Crippen molar-refractivity contribution >= 4 is 47.5 Å². The van der Waals surface area contributed by atoms with E-state index in [4.69, 9.17) is 0 Å². The lowest BCUT2D eigenvalue weighted by Crippen LogP contribution is -2.58. The van der Waals surface area contributed by atoms with E-state index in [0.29, 0.717) is 12.8 Å². The van der Waals surface area contributed by atoms with Gasteiger partial charge in [0, 0.05) is 35.7 Å². The quantitative estimate of drug-likeness (QED) is 0.0300. The first-order valence-electron chi connectivity index (χ1n) is 24.4. The van der Waals surface area contributed by atoms with Crippen molar-refractivity contribution in [1.82, 2.24) is 20.4 Å². The molecule has 12 heteroatoms. The molecule has 0 saturated heterocycles. The van der Waals surface area contributed by atoms with Gasteiger partial charge in [-0.1, -0.05) is 194 Å². The van der Waals surface area contributed by atoms with E-state index < -0.39 is 56.7 Å². The van der Waals surface area contributed by atoms with Crippen LogP contribution in [0.4, 0.5) is 9.59 Å². The van der Waals surface area contributed by atoms with Crippen molar-refractivity contribution in [3.05, 3.63) is 228 Å². The van der Waals surface area contributed by atoms with Crippen LogP contribution in [0.1, 0.15) is 87.8 Å². The fourth-order valence-electron chi connectivity index (χ4n) is 9.28. The predicted molar refractivity (Wildman–Crippen MR) is 295 cm³/mol. The SMILES string of the molecule is CC(C)(C)N(C(=O)O)[C@@H](CSC(c1ccccc1)(c1ccccc1)c1ccccc1)C(=O)NCCC=CCCNC(=O)[C@H](CSC(c1ccccc1)(c1ccccc1)c1ccccc1)N(C(=O)O)C(C)(C)C. The molecule has 0 aliphatic heterocycles. The molecule has 4 N–H and O–H groups in total. The number of hydrogen-bond donors (Lipinski definition) is 4. The number of carboxylic acid groups (broad SMARTS) is 2. The van der Waals surface area contributed by atoms with Crippen molar-refractivity contribution in [2.24, 2.45) is 0 Å². The molecule has 6 aromatic carbocycles. The van der Waals surface area contributed by atoms with Crippen molar-refractivity contribution in [3.63, 3.8) is 0 Å². The third-order valence-electron chi connectivity index (χ3n) is 12.5. The number of benzene rings is 6. The van der Waals surface area contributed by atoms with Crippen LogP contribution in [0, 0.1) is 0 Å². The maximum atomic E-state index is 14.3. The van der Waals surface area contributed by atoms with Gasteiger partial charge in [0.15, 0.2) is 0 Å². The average molecular weight is 1010 g/mol. The number of carbonyl (C=O) groups is 4. The first kappa shape index (κ1) is 54.6. The van der Waals surface area contributed by atoms with Crippen LogP contribution in [0.5, 0.6) is 0 Å². The molecule has 0 heterocycles. The van der Waals surface area contributed by atoms with E-state index in [0.717, 1.165) is 33.4 Å². The summed E-state index contributed by atoms with van der Waals surface area (Å²) in [5.41, 5.74) is 4.24. The minimum atomic E-state index is -1.19.